The summed E-state index contributed by atoms with van der Waals surface area (Å²) in [5, 5.41) is 12.9. The number of carbonyl (C=O) groups excluding carboxylic acids is 1. The number of amides is 1. The van der Waals surface area contributed by atoms with Crippen LogP contribution in [0.4, 0.5) is 15.9 Å². The van der Waals surface area contributed by atoms with Crippen molar-refractivity contribution in [1.29, 1.82) is 5.26 Å². The van der Waals surface area contributed by atoms with Gasteiger partial charge in [0.05, 0.1) is 18.5 Å². The van der Waals surface area contributed by atoms with E-state index in [1.54, 1.807) is 11.3 Å². The normalized spacial score (nSPS) is 21.1. The number of likely N-dealkylation sites (tertiary alicyclic amines) is 1. The number of aromatic nitrogens is 1. The van der Waals surface area contributed by atoms with Gasteiger partial charge < -0.3 is 24.3 Å². The van der Waals surface area contributed by atoms with Crippen molar-refractivity contribution in [2.45, 2.75) is 44.3 Å². The van der Waals surface area contributed by atoms with Gasteiger partial charge in [-0.25, -0.2) is 4.39 Å². The number of carbonyl (C=O) groups is 1. The Kier molecular flexibility index (Phi) is 7.82. The number of nitrogens with zero attached hydrogens (tertiary/aromatic N) is 6. The van der Waals surface area contributed by atoms with Crippen molar-refractivity contribution in [2.24, 2.45) is 0 Å². The number of benzene rings is 1. The van der Waals surface area contributed by atoms with Gasteiger partial charge in [-0.05, 0) is 62.0 Å². The average molecular weight is 575 g/mol. The topological polar surface area (TPSA) is 75.9 Å². The Morgan fingerprint density at radius 3 is 2.88 bits per heavy atom. The van der Waals surface area contributed by atoms with Crippen LogP contribution in [0.3, 0.4) is 0 Å². The molecule has 0 radical (unpaired) electrons. The number of ether oxygens (including phenoxy) is 1. The minimum Gasteiger partial charge on any atom is -0.476 e. The summed E-state index contributed by atoms with van der Waals surface area (Å²) < 4.78 is 21.4. The molecule has 2 aromatic heterocycles. The van der Waals surface area contributed by atoms with Gasteiger partial charge in [0.1, 0.15) is 12.4 Å². The molecule has 10 heteroatoms. The molecule has 3 aliphatic rings. The van der Waals surface area contributed by atoms with Gasteiger partial charge in [-0.3, -0.25) is 4.79 Å². The summed E-state index contributed by atoms with van der Waals surface area (Å²) in [6.45, 7) is 7.63. The van der Waals surface area contributed by atoms with E-state index in [9.17, 15) is 14.4 Å². The number of halogens is 1. The Hall–Kier alpha value is -3.68. The number of hydrogen-bond donors (Lipinski definition) is 0. The highest BCUT2D eigenvalue weighted by Gasteiger charge is 2.34. The fourth-order valence-corrected chi connectivity index (χ4v) is 7.25. The number of fused-ring (bicyclic) bond motifs is 2. The lowest BCUT2D eigenvalue weighted by molar-refractivity contribution is -0.131. The summed E-state index contributed by atoms with van der Waals surface area (Å²) in [5.41, 5.74) is 3.58. The standard InChI is InChI=1S/C31H35FN6O2S/c1-21(32)31(39)38-15-14-37(19-23(38)8-11-33)30-25-9-13-36(27-6-3-7-28-26(27)10-16-41-28)18-22(25)17-29(34-30)40-20-24-5-4-12-35(24)2/h3,6-7,10,16-17,23-24H,1,4-5,8-9,12-15,18-20H2,2H3/t23-,24-/m0/s1. The SMILES string of the molecule is C=C(F)C(=O)N1CCN(c2nc(OC[C@@H]3CCCN3C)cc3c2CCN(c2cccc4sccc24)C3)C[C@@H]1CC#N. The zero-order valence-corrected chi connectivity index (χ0v) is 24.2. The van der Waals surface area contributed by atoms with Gasteiger partial charge in [0.2, 0.25) is 5.88 Å². The molecule has 3 aromatic rings. The van der Waals surface area contributed by atoms with Crippen molar-refractivity contribution in [1.82, 2.24) is 14.8 Å². The lowest BCUT2D eigenvalue weighted by atomic mass is 9.98. The molecule has 2 fully saturated rings. The van der Waals surface area contributed by atoms with E-state index >= 15 is 0 Å². The molecular formula is C31H35FN6O2S. The lowest BCUT2D eigenvalue weighted by Crippen LogP contribution is -2.55. The average Bonchev–Trinajstić information content (AvgIpc) is 3.63. The monoisotopic (exact) mass is 574 g/mol. The Bertz CT molecular complexity index is 1500. The van der Waals surface area contributed by atoms with Gasteiger partial charge in [0.15, 0.2) is 5.83 Å². The summed E-state index contributed by atoms with van der Waals surface area (Å²) in [7, 11) is 2.14. The van der Waals surface area contributed by atoms with E-state index in [1.807, 2.05) is 0 Å². The third-order valence-corrected chi connectivity index (χ3v) is 9.56. The largest absolute Gasteiger partial charge is 0.476 e. The molecule has 0 unspecified atom stereocenters. The van der Waals surface area contributed by atoms with Crippen molar-refractivity contribution in [2.75, 3.05) is 56.2 Å². The summed E-state index contributed by atoms with van der Waals surface area (Å²) in [6, 6.07) is 12.9. The maximum absolute atomic E-state index is 13.8. The van der Waals surface area contributed by atoms with E-state index in [2.05, 4.69) is 70.1 Å². The lowest BCUT2D eigenvalue weighted by Gasteiger charge is -2.42. The molecule has 8 nitrogen and oxygen atoms in total. The minimum absolute atomic E-state index is 0.111. The van der Waals surface area contributed by atoms with Crippen LogP contribution in [-0.4, -0.2) is 79.2 Å². The molecule has 1 amide bonds. The van der Waals surface area contributed by atoms with Crippen LogP contribution in [0.15, 0.2) is 48.1 Å². The van der Waals surface area contributed by atoms with Gasteiger partial charge in [0, 0.05) is 66.2 Å². The third-order valence-electron chi connectivity index (χ3n) is 8.67. The van der Waals surface area contributed by atoms with Crippen molar-refractivity contribution >= 4 is 38.8 Å². The van der Waals surface area contributed by atoms with E-state index in [4.69, 9.17) is 9.72 Å². The summed E-state index contributed by atoms with van der Waals surface area (Å²) in [5.74, 6) is -0.289. The molecule has 0 saturated carbocycles. The van der Waals surface area contributed by atoms with Gasteiger partial charge in [-0.1, -0.05) is 12.6 Å². The molecule has 1 aromatic carbocycles. The van der Waals surface area contributed by atoms with Crippen molar-refractivity contribution < 1.29 is 13.9 Å². The second kappa shape index (κ2) is 11.7. The van der Waals surface area contributed by atoms with Crippen LogP contribution in [0.25, 0.3) is 10.1 Å². The Labute approximate surface area is 244 Å². The molecule has 2 atom stereocenters. The van der Waals surface area contributed by atoms with Crippen molar-refractivity contribution in [3.05, 3.63) is 59.2 Å². The molecule has 2 saturated heterocycles. The predicted octanol–water partition coefficient (Wildman–Crippen LogP) is 4.75. The first-order valence-corrected chi connectivity index (χ1v) is 15.1. The van der Waals surface area contributed by atoms with Gasteiger partial charge in [0.25, 0.3) is 5.91 Å². The molecule has 3 aliphatic heterocycles. The first kappa shape index (κ1) is 27.5. The molecule has 41 heavy (non-hydrogen) atoms. The van der Waals surface area contributed by atoms with Gasteiger partial charge >= 0.3 is 0 Å². The molecule has 0 aliphatic carbocycles. The minimum atomic E-state index is -0.995. The Balaban J connectivity index is 1.32. The quantitative estimate of drug-likeness (QED) is 0.377. The van der Waals surface area contributed by atoms with E-state index in [-0.39, 0.29) is 6.42 Å². The molecular weight excluding hydrogens is 539 g/mol. The van der Waals surface area contributed by atoms with E-state index in [0.717, 1.165) is 38.3 Å². The molecule has 0 spiro atoms. The second-order valence-corrected chi connectivity index (χ2v) is 12.1. The Morgan fingerprint density at radius 1 is 1.22 bits per heavy atom. The van der Waals surface area contributed by atoms with Crippen LogP contribution in [0.5, 0.6) is 5.88 Å². The number of pyridine rings is 1. The number of hydrogen-bond acceptors (Lipinski definition) is 8. The van der Waals surface area contributed by atoms with E-state index in [1.165, 1.54) is 38.2 Å². The smallest absolute Gasteiger partial charge is 0.282 e. The number of anilines is 2. The van der Waals surface area contributed by atoms with Crippen LogP contribution in [-0.2, 0) is 17.8 Å². The number of thiophene rings is 1. The maximum atomic E-state index is 13.8. The molecule has 5 heterocycles. The third kappa shape index (κ3) is 5.48. The molecule has 0 bridgehead atoms. The van der Waals surface area contributed by atoms with Crippen LogP contribution in [0, 0.1) is 11.3 Å². The molecule has 6 rings (SSSR count). The Morgan fingerprint density at radius 2 is 2.10 bits per heavy atom. The van der Waals surface area contributed by atoms with Crippen LogP contribution in [0.2, 0.25) is 0 Å². The highest BCUT2D eigenvalue weighted by atomic mass is 32.1. The van der Waals surface area contributed by atoms with E-state index < -0.39 is 17.8 Å². The zero-order valence-electron chi connectivity index (χ0n) is 23.4. The summed E-state index contributed by atoms with van der Waals surface area (Å²) in [6.07, 6.45) is 3.21. The number of nitriles is 1. The number of piperazine rings is 1. The number of likely N-dealkylation sites (N-methyl/N-ethyl adjacent to an activating group) is 1. The second-order valence-electron chi connectivity index (χ2n) is 11.2. The highest BCUT2D eigenvalue weighted by molar-refractivity contribution is 7.17. The van der Waals surface area contributed by atoms with Gasteiger partial charge in [-0.15, -0.1) is 11.3 Å². The fraction of sp³-hybridized carbons (Fsp3) is 0.452. The summed E-state index contributed by atoms with van der Waals surface area (Å²) in [4.78, 5) is 25.9. The number of rotatable bonds is 7. The first-order chi connectivity index (χ1) is 19.9. The van der Waals surface area contributed by atoms with Gasteiger partial charge in [-0.2, -0.15) is 10.2 Å². The van der Waals surface area contributed by atoms with Crippen LogP contribution < -0.4 is 14.5 Å². The predicted molar refractivity (Wildman–Crippen MR) is 160 cm³/mol. The van der Waals surface area contributed by atoms with E-state index in [0.29, 0.717) is 38.2 Å². The zero-order chi connectivity index (χ0) is 28.5. The molecule has 0 N–H and O–H groups in total. The van der Waals surface area contributed by atoms with Crippen molar-refractivity contribution in [3.63, 3.8) is 0 Å². The summed E-state index contributed by atoms with van der Waals surface area (Å²) >= 11 is 1.75. The highest BCUT2D eigenvalue weighted by Crippen LogP contribution is 2.37. The van der Waals surface area contributed by atoms with Crippen molar-refractivity contribution in [3.8, 4) is 11.9 Å². The van der Waals surface area contributed by atoms with Crippen LogP contribution in [0.1, 0.15) is 30.4 Å². The van der Waals surface area contributed by atoms with Crippen LogP contribution >= 0.6 is 11.3 Å². The first-order valence-electron chi connectivity index (χ1n) is 14.3. The fourth-order valence-electron chi connectivity index (χ4n) is 6.45. The maximum Gasteiger partial charge on any atom is 0.282 e. The molecule has 214 valence electrons.